The highest BCUT2D eigenvalue weighted by Gasteiger charge is 2.14. The molecule has 0 bridgehead atoms. The molecule has 0 aliphatic carbocycles. The Morgan fingerprint density at radius 1 is 1.05 bits per heavy atom. The van der Waals surface area contributed by atoms with Gasteiger partial charge in [0.05, 0.1) is 0 Å². The van der Waals surface area contributed by atoms with E-state index in [9.17, 15) is 4.79 Å². The molecule has 0 saturated heterocycles. The summed E-state index contributed by atoms with van der Waals surface area (Å²) in [5.41, 5.74) is 1.28. The molecule has 2 nitrogen and oxygen atoms in total. The van der Waals surface area contributed by atoms with Gasteiger partial charge < -0.3 is 4.42 Å². The fraction of sp³-hybridized carbons (Fsp3) is 0. The van der Waals surface area contributed by atoms with Crippen molar-refractivity contribution >= 4 is 50.9 Å². The van der Waals surface area contributed by atoms with Gasteiger partial charge in [0.15, 0.2) is 5.76 Å². The molecule has 19 heavy (non-hydrogen) atoms. The predicted molar refractivity (Wildman–Crippen MR) is 83.8 cm³/mol. The molecule has 0 atom stereocenters. The molecular weight excluding hydrogens is 375 g/mol. The van der Waals surface area contributed by atoms with Crippen molar-refractivity contribution in [2.24, 2.45) is 0 Å². The van der Waals surface area contributed by atoms with Crippen molar-refractivity contribution < 1.29 is 9.21 Å². The molecule has 0 aliphatic rings. The molecule has 0 spiro atoms. The van der Waals surface area contributed by atoms with E-state index in [1.165, 1.54) is 0 Å². The highest BCUT2D eigenvalue weighted by molar-refractivity contribution is 14.1. The average Bonchev–Trinajstić information content (AvgIpc) is 2.81. The molecule has 0 aliphatic heterocycles. The Labute approximate surface area is 128 Å². The van der Waals surface area contributed by atoms with E-state index in [0.717, 1.165) is 8.96 Å². The number of rotatable bonds is 2. The first-order valence-electron chi connectivity index (χ1n) is 5.63. The summed E-state index contributed by atoms with van der Waals surface area (Å²) in [5, 5.41) is 1.46. The van der Waals surface area contributed by atoms with Crippen LogP contribution in [0.25, 0.3) is 11.0 Å². The van der Waals surface area contributed by atoms with Crippen molar-refractivity contribution in [3.8, 4) is 0 Å². The summed E-state index contributed by atoms with van der Waals surface area (Å²) in [6.45, 7) is 0. The van der Waals surface area contributed by atoms with E-state index in [0.29, 0.717) is 21.9 Å². The Balaban J connectivity index is 2.04. The van der Waals surface area contributed by atoms with Crippen molar-refractivity contribution in [3.05, 3.63) is 68.4 Å². The van der Waals surface area contributed by atoms with Crippen molar-refractivity contribution in [1.82, 2.24) is 0 Å². The topological polar surface area (TPSA) is 30.2 Å². The zero-order chi connectivity index (χ0) is 13.4. The van der Waals surface area contributed by atoms with Crippen molar-refractivity contribution in [2.45, 2.75) is 0 Å². The summed E-state index contributed by atoms with van der Waals surface area (Å²) < 4.78 is 6.65. The van der Waals surface area contributed by atoms with Gasteiger partial charge in [0, 0.05) is 19.5 Å². The van der Waals surface area contributed by atoms with Crippen molar-refractivity contribution in [1.29, 1.82) is 0 Å². The van der Waals surface area contributed by atoms with Gasteiger partial charge in [-0.3, -0.25) is 4.79 Å². The lowest BCUT2D eigenvalue weighted by Gasteiger charge is -1.97. The van der Waals surface area contributed by atoms with Crippen LogP contribution in [-0.4, -0.2) is 5.78 Å². The van der Waals surface area contributed by atoms with Crippen LogP contribution in [0.15, 0.2) is 52.9 Å². The van der Waals surface area contributed by atoms with Crippen LogP contribution in [0.5, 0.6) is 0 Å². The fourth-order valence-corrected chi connectivity index (χ4v) is 2.41. The Hall–Kier alpha value is -1.33. The molecule has 0 radical (unpaired) electrons. The number of carbonyl (C=O) groups excluding carboxylic acids is 1. The first-order chi connectivity index (χ1) is 9.13. The van der Waals surface area contributed by atoms with Gasteiger partial charge in [0.1, 0.15) is 5.58 Å². The van der Waals surface area contributed by atoms with Crippen LogP contribution in [0.4, 0.5) is 0 Å². The summed E-state index contributed by atoms with van der Waals surface area (Å²) in [7, 11) is 0. The molecule has 0 saturated carbocycles. The molecule has 1 heterocycles. The van der Waals surface area contributed by atoms with Gasteiger partial charge in [-0.05, 0) is 71.1 Å². The van der Waals surface area contributed by atoms with E-state index in [1.54, 1.807) is 36.4 Å². The second-order valence-electron chi connectivity index (χ2n) is 4.13. The number of hydrogen-bond acceptors (Lipinski definition) is 2. The van der Waals surface area contributed by atoms with Crippen LogP contribution in [-0.2, 0) is 0 Å². The minimum Gasteiger partial charge on any atom is -0.453 e. The van der Waals surface area contributed by atoms with Crippen LogP contribution >= 0.6 is 34.2 Å². The van der Waals surface area contributed by atoms with Gasteiger partial charge in [0.25, 0.3) is 0 Å². The third-order valence-corrected chi connectivity index (χ3v) is 3.76. The summed E-state index contributed by atoms with van der Waals surface area (Å²) in [4.78, 5) is 12.3. The molecular formula is C15H8ClIO2. The van der Waals surface area contributed by atoms with E-state index in [1.807, 2.05) is 12.1 Å². The van der Waals surface area contributed by atoms with Gasteiger partial charge in [0.2, 0.25) is 5.78 Å². The molecule has 0 fully saturated rings. The van der Waals surface area contributed by atoms with Gasteiger partial charge in [-0.25, -0.2) is 0 Å². The highest BCUT2D eigenvalue weighted by atomic mass is 127. The first-order valence-corrected chi connectivity index (χ1v) is 7.08. The third kappa shape index (κ3) is 2.53. The Morgan fingerprint density at radius 3 is 2.53 bits per heavy atom. The van der Waals surface area contributed by atoms with Crippen LogP contribution in [0.1, 0.15) is 16.1 Å². The van der Waals surface area contributed by atoms with E-state index >= 15 is 0 Å². The molecule has 94 valence electrons. The maximum absolute atomic E-state index is 12.3. The van der Waals surface area contributed by atoms with Crippen LogP contribution in [0, 0.1) is 3.57 Å². The second-order valence-corrected chi connectivity index (χ2v) is 5.81. The maximum Gasteiger partial charge on any atom is 0.228 e. The molecule has 0 amide bonds. The largest absolute Gasteiger partial charge is 0.453 e. The Morgan fingerprint density at radius 2 is 1.79 bits per heavy atom. The number of carbonyl (C=O) groups is 1. The monoisotopic (exact) mass is 382 g/mol. The summed E-state index contributed by atoms with van der Waals surface area (Å²) in [6.07, 6.45) is 0. The lowest BCUT2D eigenvalue weighted by atomic mass is 10.1. The van der Waals surface area contributed by atoms with Crippen LogP contribution in [0.3, 0.4) is 0 Å². The third-order valence-electron chi connectivity index (χ3n) is 2.81. The SMILES string of the molecule is O=C(c1ccc(I)cc1)c1cc2cc(Cl)ccc2o1. The highest BCUT2D eigenvalue weighted by Crippen LogP contribution is 2.24. The van der Waals surface area contributed by atoms with E-state index in [4.69, 9.17) is 16.0 Å². The minimum absolute atomic E-state index is 0.122. The zero-order valence-electron chi connectivity index (χ0n) is 9.69. The normalized spacial score (nSPS) is 10.8. The molecule has 0 N–H and O–H groups in total. The van der Waals surface area contributed by atoms with Crippen LogP contribution in [0.2, 0.25) is 5.02 Å². The van der Waals surface area contributed by atoms with E-state index in [2.05, 4.69) is 22.6 Å². The fourth-order valence-electron chi connectivity index (χ4n) is 1.87. The van der Waals surface area contributed by atoms with E-state index < -0.39 is 0 Å². The zero-order valence-corrected chi connectivity index (χ0v) is 12.6. The summed E-state index contributed by atoms with van der Waals surface area (Å²) >= 11 is 8.11. The molecule has 2 aromatic carbocycles. The van der Waals surface area contributed by atoms with Gasteiger partial charge >= 0.3 is 0 Å². The number of ketones is 1. The number of fused-ring (bicyclic) bond motifs is 1. The predicted octanol–water partition coefficient (Wildman–Crippen LogP) is 4.92. The maximum atomic E-state index is 12.3. The standard InChI is InChI=1S/C15H8ClIO2/c16-11-3-6-13-10(7-11)8-14(19-13)15(18)9-1-4-12(17)5-2-9/h1-8H. The molecule has 3 rings (SSSR count). The van der Waals surface area contributed by atoms with E-state index in [-0.39, 0.29) is 5.78 Å². The number of hydrogen-bond donors (Lipinski definition) is 0. The van der Waals surface area contributed by atoms with Crippen LogP contribution < -0.4 is 0 Å². The van der Waals surface area contributed by atoms with Gasteiger partial charge in [-0.2, -0.15) is 0 Å². The van der Waals surface area contributed by atoms with Crippen molar-refractivity contribution in [2.75, 3.05) is 0 Å². The lowest BCUT2D eigenvalue weighted by Crippen LogP contribution is -1.98. The Kier molecular flexibility index (Phi) is 3.33. The van der Waals surface area contributed by atoms with Gasteiger partial charge in [-0.1, -0.05) is 11.6 Å². The second kappa shape index (κ2) is 4.98. The smallest absolute Gasteiger partial charge is 0.228 e. The molecule has 0 unspecified atom stereocenters. The summed E-state index contributed by atoms with van der Waals surface area (Å²) in [5.74, 6) is 0.210. The number of furan rings is 1. The molecule has 1 aromatic heterocycles. The average molecular weight is 383 g/mol. The lowest BCUT2D eigenvalue weighted by molar-refractivity contribution is 0.101. The molecule has 4 heteroatoms. The quantitative estimate of drug-likeness (QED) is 0.465. The van der Waals surface area contributed by atoms with Crippen molar-refractivity contribution in [3.63, 3.8) is 0 Å². The minimum atomic E-state index is -0.122. The number of benzene rings is 2. The summed E-state index contributed by atoms with van der Waals surface area (Å²) in [6, 6.07) is 14.4. The molecule has 3 aromatic rings. The Bertz CT molecular complexity index is 759. The first kappa shape index (κ1) is 12.7. The van der Waals surface area contributed by atoms with Gasteiger partial charge in [-0.15, -0.1) is 0 Å². The number of halogens is 2.